The van der Waals surface area contributed by atoms with Crippen LogP contribution >= 0.6 is 7.67 Å². The molecule has 1 rings (SSSR count). The van der Waals surface area contributed by atoms with Crippen LogP contribution < -0.4 is 31.7 Å². The average molecular weight is 738 g/mol. The Hall–Kier alpha value is -2.79. The van der Waals surface area contributed by atoms with Gasteiger partial charge in [-0.1, -0.05) is 48.5 Å². The minimum absolute atomic E-state index is 0.00128. The van der Waals surface area contributed by atoms with Crippen LogP contribution in [0.1, 0.15) is 88.0 Å². The standard InChI is InChI=1S/C30H58N7O10P.C2H6/c1-9-14-46-27-24(26(31)34-30(32)35-27)33-13-12-22(38)25(39)23(43-8)17-47-48(42,36-20(15-18(4)5)28(40)44-10-2)37-21(16-19(6)7)29(41)45-11-3;1-2/h18-23,25,33,38-39H,9-17H2,1-8H3,(H2,36,37,42)(H4,31,32,34,35);1-2H3/t20-,21-,22+,23?,25?;/m0./s1. The Morgan fingerprint density at radius 2 is 1.42 bits per heavy atom. The Balaban J connectivity index is 0.0000118. The molecule has 0 aliphatic carbocycles. The number of esters is 2. The molecule has 9 N–H and O–H groups in total. The number of nitrogens with one attached hydrogen (secondary N) is 3. The van der Waals surface area contributed by atoms with Crippen LogP contribution in [0.5, 0.6) is 5.88 Å². The summed E-state index contributed by atoms with van der Waals surface area (Å²) in [5.74, 6) is -1.13. The van der Waals surface area contributed by atoms with Crippen LogP contribution in [0.2, 0.25) is 0 Å². The SMILES string of the molecule is CC.CCCOc1nc(N)nc(N)c1NCC[C@@H](O)C(O)C(COP(=O)(N[C@@H](CC(C)C)C(=O)OCC)N[C@@H](CC(C)C)C(=O)OCC)OC. The molecule has 0 saturated carbocycles. The van der Waals surface area contributed by atoms with E-state index < -0.39 is 56.6 Å². The molecule has 50 heavy (non-hydrogen) atoms. The number of hydrogen-bond acceptors (Lipinski definition) is 15. The van der Waals surface area contributed by atoms with Crippen LogP contribution in [-0.2, 0) is 32.9 Å². The first-order chi connectivity index (χ1) is 23.6. The molecule has 0 radical (unpaired) electrons. The Kier molecular flexibility index (Phi) is 23.8. The van der Waals surface area contributed by atoms with Gasteiger partial charge in [0.1, 0.15) is 30.0 Å². The lowest BCUT2D eigenvalue weighted by Gasteiger charge is -2.31. The van der Waals surface area contributed by atoms with E-state index in [1.165, 1.54) is 7.11 Å². The number of ether oxygens (including phenoxy) is 4. The number of hydrogen-bond donors (Lipinski definition) is 7. The van der Waals surface area contributed by atoms with Gasteiger partial charge in [0.15, 0.2) is 5.82 Å². The molecular weight excluding hydrogens is 673 g/mol. The van der Waals surface area contributed by atoms with Crippen molar-refractivity contribution >= 4 is 37.1 Å². The number of aromatic nitrogens is 2. The minimum Gasteiger partial charge on any atom is -0.476 e. The molecule has 292 valence electrons. The number of nitrogens with zero attached hydrogens (tertiary/aromatic N) is 2. The summed E-state index contributed by atoms with van der Waals surface area (Å²) in [4.78, 5) is 33.7. The zero-order chi connectivity index (χ0) is 38.4. The number of rotatable bonds is 25. The van der Waals surface area contributed by atoms with E-state index in [1.54, 1.807) is 13.8 Å². The molecule has 2 unspecified atom stereocenters. The maximum atomic E-state index is 14.4. The van der Waals surface area contributed by atoms with Gasteiger partial charge in [0.25, 0.3) is 0 Å². The van der Waals surface area contributed by atoms with E-state index in [9.17, 15) is 24.4 Å². The third-order valence-corrected chi connectivity index (χ3v) is 8.63. The molecule has 18 heteroatoms. The van der Waals surface area contributed by atoms with Crippen LogP contribution in [-0.4, -0.2) is 103 Å². The first kappa shape index (κ1) is 47.2. The lowest BCUT2D eigenvalue weighted by atomic mass is 10.1. The van der Waals surface area contributed by atoms with Crippen molar-refractivity contribution in [2.75, 3.05) is 56.9 Å². The number of carbonyl (C=O) groups excluding carboxylic acids is 2. The van der Waals surface area contributed by atoms with Crippen molar-refractivity contribution in [3.05, 3.63) is 0 Å². The van der Waals surface area contributed by atoms with Crippen LogP contribution in [0, 0.1) is 11.8 Å². The van der Waals surface area contributed by atoms with Gasteiger partial charge in [0.2, 0.25) is 11.8 Å². The first-order valence-corrected chi connectivity index (χ1v) is 19.0. The van der Waals surface area contributed by atoms with Gasteiger partial charge in [0, 0.05) is 13.7 Å². The zero-order valence-corrected chi connectivity index (χ0v) is 32.5. The highest BCUT2D eigenvalue weighted by molar-refractivity contribution is 7.54. The molecular formula is C32H64N7O10P. The van der Waals surface area contributed by atoms with Gasteiger partial charge in [-0.15, -0.1) is 0 Å². The number of aliphatic hydroxyl groups excluding tert-OH is 2. The Morgan fingerprint density at radius 3 is 1.86 bits per heavy atom. The van der Waals surface area contributed by atoms with Crippen molar-refractivity contribution in [3.8, 4) is 5.88 Å². The molecule has 0 amide bonds. The second-order valence-corrected chi connectivity index (χ2v) is 13.9. The Morgan fingerprint density at radius 1 is 0.900 bits per heavy atom. The molecule has 0 aliphatic rings. The number of nitrogen functional groups attached to an aromatic ring is 2. The van der Waals surface area contributed by atoms with E-state index >= 15 is 0 Å². The lowest BCUT2D eigenvalue weighted by molar-refractivity contribution is -0.146. The number of anilines is 3. The fraction of sp³-hybridized carbons (Fsp3) is 0.812. The normalized spacial score (nSPS) is 14.6. The monoisotopic (exact) mass is 737 g/mol. The number of aliphatic hydroxyl groups is 2. The van der Waals surface area contributed by atoms with E-state index in [1.807, 2.05) is 48.5 Å². The van der Waals surface area contributed by atoms with Gasteiger partial charge in [-0.2, -0.15) is 9.97 Å². The van der Waals surface area contributed by atoms with Gasteiger partial charge in [-0.25, -0.2) is 10.2 Å². The van der Waals surface area contributed by atoms with Gasteiger partial charge in [0.05, 0.1) is 32.5 Å². The molecule has 0 saturated heterocycles. The lowest BCUT2D eigenvalue weighted by Crippen LogP contribution is -2.47. The summed E-state index contributed by atoms with van der Waals surface area (Å²) >= 11 is 0. The molecule has 0 fully saturated rings. The van der Waals surface area contributed by atoms with Crippen molar-refractivity contribution in [1.82, 2.24) is 20.1 Å². The highest BCUT2D eigenvalue weighted by atomic mass is 31.2. The zero-order valence-electron chi connectivity index (χ0n) is 31.6. The molecule has 0 bridgehead atoms. The quantitative estimate of drug-likeness (QED) is 0.0562. The van der Waals surface area contributed by atoms with Gasteiger partial charge in [-0.3, -0.25) is 14.2 Å². The van der Waals surface area contributed by atoms with E-state index in [-0.39, 0.29) is 68.5 Å². The third-order valence-electron chi connectivity index (χ3n) is 6.81. The van der Waals surface area contributed by atoms with E-state index in [0.717, 1.165) is 6.42 Å². The summed E-state index contributed by atoms with van der Waals surface area (Å²) in [6.45, 7) is 16.9. The molecule has 5 atom stereocenters. The molecule has 0 aromatic carbocycles. The number of methoxy groups -OCH3 is 1. The number of carbonyl (C=O) groups is 2. The summed E-state index contributed by atoms with van der Waals surface area (Å²) in [5.41, 5.74) is 12.0. The maximum absolute atomic E-state index is 14.4. The first-order valence-electron chi connectivity index (χ1n) is 17.4. The molecule has 17 nitrogen and oxygen atoms in total. The van der Waals surface area contributed by atoms with Gasteiger partial charge in [-0.05, 0) is 51.4 Å². The summed E-state index contributed by atoms with van der Waals surface area (Å²) < 4.78 is 41.7. The summed E-state index contributed by atoms with van der Waals surface area (Å²) in [6.07, 6.45) is -2.81. The van der Waals surface area contributed by atoms with E-state index in [0.29, 0.717) is 12.3 Å². The predicted molar refractivity (Wildman–Crippen MR) is 193 cm³/mol. The van der Waals surface area contributed by atoms with E-state index in [4.69, 9.17) is 34.9 Å². The Labute approximate surface area is 297 Å². The fourth-order valence-corrected chi connectivity index (χ4v) is 6.37. The molecule has 1 aromatic heterocycles. The van der Waals surface area contributed by atoms with Gasteiger partial charge < -0.3 is 50.5 Å². The molecule has 0 aliphatic heterocycles. The van der Waals surface area contributed by atoms with Gasteiger partial charge >= 0.3 is 19.6 Å². The van der Waals surface area contributed by atoms with Crippen LogP contribution in [0.4, 0.5) is 17.5 Å². The summed E-state index contributed by atoms with van der Waals surface area (Å²) in [7, 11) is -2.97. The second-order valence-electron chi connectivity index (χ2n) is 12.0. The van der Waals surface area contributed by atoms with Crippen molar-refractivity contribution < 1.29 is 47.8 Å². The summed E-state index contributed by atoms with van der Waals surface area (Å²) in [6, 6.07) is -2.10. The van der Waals surface area contributed by atoms with Crippen molar-refractivity contribution in [1.29, 1.82) is 0 Å². The highest BCUT2D eigenvalue weighted by Gasteiger charge is 2.38. The van der Waals surface area contributed by atoms with Crippen LogP contribution in [0.25, 0.3) is 0 Å². The molecule has 1 heterocycles. The topological polar surface area (TPSA) is 252 Å². The predicted octanol–water partition coefficient (Wildman–Crippen LogP) is 3.25. The van der Waals surface area contributed by atoms with Crippen molar-refractivity contribution in [2.45, 2.75) is 118 Å². The van der Waals surface area contributed by atoms with Crippen LogP contribution in [0.15, 0.2) is 0 Å². The maximum Gasteiger partial charge on any atom is 0.342 e. The largest absolute Gasteiger partial charge is 0.476 e. The molecule has 0 spiro atoms. The van der Waals surface area contributed by atoms with Crippen LogP contribution in [0.3, 0.4) is 0 Å². The highest BCUT2D eigenvalue weighted by Crippen LogP contribution is 2.41. The minimum atomic E-state index is -4.26. The summed E-state index contributed by atoms with van der Waals surface area (Å²) in [5, 5.41) is 30.4. The fourth-order valence-electron chi connectivity index (χ4n) is 4.55. The van der Waals surface area contributed by atoms with Crippen molar-refractivity contribution in [2.24, 2.45) is 11.8 Å². The Bertz CT molecular complexity index is 1130. The third kappa shape index (κ3) is 17.4. The second kappa shape index (κ2) is 25.2. The smallest absolute Gasteiger partial charge is 0.342 e. The van der Waals surface area contributed by atoms with Crippen molar-refractivity contribution in [3.63, 3.8) is 0 Å². The molecule has 1 aromatic rings. The number of nitrogens with two attached hydrogens (primary N) is 2. The van der Waals surface area contributed by atoms with E-state index in [2.05, 4.69) is 25.5 Å². The average Bonchev–Trinajstić information content (AvgIpc) is 3.05.